The lowest BCUT2D eigenvalue weighted by Gasteiger charge is -2.13. The van der Waals surface area contributed by atoms with E-state index in [-0.39, 0.29) is 0 Å². The smallest absolute Gasteiger partial charge is 0.249 e. The number of benzene rings is 1. The van der Waals surface area contributed by atoms with Crippen LogP contribution in [0, 0.1) is 0 Å². The minimum absolute atomic E-state index is 0.391. The summed E-state index contributed by atoms with van der Waals surface area (Å²) in [4.78, 5) is 4.40. The van der Waals surface area contributed by atoms with E-state index in [2.05, 4.69) is 25.8 Å². The monoisotopic (exact) mass is 323 g/mol. The second-order valence-corrected chi connectivity index (χ2v) is 5.88. The summed E-state index contributed by atoms with van der Waals surface area (Å²) in [6, 6.07) is 5.65. The van der Waals surface area contributed by atoms with Crippen LogP contribution < -0.4 is 10.6 Å². The van der Waals surface area contributed by atoms with Gasteiger partial charge in [-0.25, -0.2) is 0 Å². The molecule has 1 aromatic carbocycles. The van der Waals surface area contributed by atoms with Gasteiger partial charge in [-0.05, 0) is 31.0 Å². The Morgan fingerprint density at radius 1 is 1.14 bits per heavy atom. The number of hydrogen-bond donors (Lipinski definition) is 2. The average Bonchev–Trinajstić information content (AvgIpc) is 2.96. The third-order valence-electron chi connectivity index (χ3n) is 3.44. The second kappa shape index (κ2) is 6.45. The Morgan fingerprint density at radius 2 is 1.95 bits per heavy atom. The van der Waals surface area contributed by atoms with Crippen LogP contribution in [0.2, 0.25) is 10.0 Å². The number of aromatic nitrogens is 3. The first-order chi connectivity index (χ1) is 10.2. The topological polar surface area (TPSA) is 62.7 Å². The van der Waals surface area contributed by atoms with E-state index in [1.807, 2.05) is 0 Å². The third kappa shape index (κ3) is 3.74. The first-order valence-electron chi connectivity index (χ1n) is 6.89. The predicted molar refractivity (Wildman–Crippen MR) is 85.5 cm³/mol. The maximum absolute atomic E-state index is 6.11. The Bertz CT molecular complexity index is 629. The van der Waals surface area contributed by atoms with Crippen molar-refractivity contribution < 1.29 is 0 Å². The van der Waals surface area contributed by atoms with Crippen LogP contribution >= 0.6 is 23.2 Å². The number of halogens is 2. The number of rotatable bonds is 4. The van der Waals surface area contributed by atoms with E-state index in [1.54, 1.807) is 24.4 Å². The van der Waals surface area contributed by atoms with Gasteiger partial charge < -0.3 is 10.6 Å². The van der Waals surface area contributed by atoms with Crippen LogP contribution in [0.3, 0.4) is 0 Å². The molecule has 1 aromatic heterocycles. The van der Waals surface area contributed by atoms with Crippen molar-refractivity contribution in [3.63, 3.8) is 0 Å². The van der Waals surface area contributed by atoms with E-state index >= 15 is 0 Å². The average molecular weight is 324 g/mol. The number of nitrogens with one attached hydrogen (secondary N) is 2. The van der Waals surface area contributed by atoms with Crippen molar-refractivity contribution in [1.82, 2.24) is 15.2 Å². The molecule has 0 radical (unpaired) electrons. The summed E-state index contributed by atoms with van der Waals surface area (Å²) >= 11 is 12.1. The summed E-state index contributed by atoms with van der Waals surface area (Å²) in [6.07, 6.45) is 6.50. The van der Waals surface area contributed by atoms with E-state index in [0.717, 1.165) is 5.82 Å². The molecule has 1 fully saturated rings. The normalized spacial score (nSPS) is 15.1. The fourth-order valence-corrected chi connectivity index (χ4v) is 2.76. The SMILES string of the molecule is Clc1ccc(Cl)c(Nc2nncc(NC3CCCC3)n2)c1. The molecule has 0 atom stereocenters. The molecule has 110 valence electrons. The molecule has 7 heteroatoms. The van der Waals surface area contributed by atoms with Gasteiger partial charge >= 0.3 is 0 Å². The Morgan fingerprint density at radius 3 is 2.76 bits per heavy atom. The Balaban J connectivity index is 1.74. The zero-order valence-corrected chi connectivity index (χ0v) is 12.8. The van der Waals surface area contributed by atoms with Crippen molar-refractivity contribution in [3.8, 4) is 0 Å². The van der Waals surface area contributed by atoms with Gasteiger partial charge in [0.15, 0.2) is 5.82 Å². The van der Waals surface area contributed by atoms with Crippen LogP contribution in [0.25, 0.3) is 0 Å². The van der Waals surface area contributed by atoms with Crippen molar-refractivity contribution in [3.05, 3.63) is 34.4 Å². The molecule has 1 aliphatic carbocycles. The maximum Gasteiger partial charge on any atom is 0.249 e. The van der Waals surface area contributed by atoms with Crippen molar-refractivity contribution in [2.24, 2.45) is 0 Å². The molecule has 0 unspecified atom stereocenters. The molecular weight excluding hydrogens is 309 g/mol. The molecule has 0 amide bonds. The quantitative estimate of drug-likeness (QED) is 0.879. The van der Waals surface area contributed by atoms with Gasteiger partial charge in [0.05, 0.1) is 16.9 Å². The third-order valence-corrected chi connectivity index (χ3v) is 4.01. The van der Waals surface area contributed by atoms with Gasteiger partial charge in [0.1, 0.15) is 0 Å². The van der Waals surface area contributed by atoms with Gasteiger partial charge in [-0.3, -0.25) is 0 Å². The predicted octanol–water partition coefficient (Wildman–Crippen LogP) is 4.28. The highest BCUT2D eigenvalue weighted by molar-refractivity contribution is 6.35. The van der Waals surface area contributed by atoms with E-state index < -0.39 is 0 Å². The lowest BCUT2D eigenvalue weighted by atomic mass is 10.2. The lowest BCUT2D eigenvalue weighted by Crippen LogP contribution is -2.16. The molecule has 0 spiro atoms. The van der Waals surface area contributed by atoms with E-state index in [9.17, 15) is 0 Å². The van der Waals surface area contributed by atoms with Crippen LogP contribution in [0.4, 0.5) is 17.5 Å². The summed E-state index contributed by atoms with van der Waals surface area (Å²) < 4.78 is 0. The highest BCUT2D eigenvalue weighted by atomic mass is 35.5. The molecule has 1 aliphatic rings. The zero-order valence-electron chi connectivity index (χ0n) is 11.3. The van der Waals surface area contributed by atoms with Gasteiger partial charge in [0, 0.05) is 11.1 Å². The molecule has 1 heterocycles. The number of nitrogens with zero attached hydrogens (tertiary/aromatic N) is 3. The largest absolute Gasteiger partial charge is 0.366 e. The molecule has 0 bridgehead atoms. The van der Waals surface area contributed by atoms with Gasteiger partial charge in [-0.1, -0.05) is 36.0 Å². The van der Waals surface area contributed by atoms with Crippen molar-refractivity contribution in [2.75, 3.05) is 10.6 Å². The van der Waals surface area contributed by atoms with Crippen molar-refractivity contribution >= 4 is 40.7 Å². The van der Waals surface area contributed by atoms with Crippen molar-refractivity contribution in [1.29, 1.82) is 0 Å². The minimum Gasteiger partial charge on any atom is -0.366 e. The summed E-state index contributed by atoms with van der Waals surface area (Å²) in [5.41, 5.74) is 0.656. The van der Waals surface area contributed by atoms with Crippen LogP contribution in [-0.4, -0.2) is 21.2 Å². The van der Waals surface area contributed by atoms with Crippen molar-refractivity contribution in [2.45, 2.75) is 31.7 Å². The molecule has 0 saturated heterocycles. The van der Waals surface area contributed by atoms with Gasteiger partial charge in [-0.2, -0.15) is 10.1 Å². The molecule has 5 nitrogen and oxygen atoms in total. The van der Waals surface area contributed by atoms with E-state index in [0.29, 0.717) is 27.7 Å². The van der Waals surface area contributed by atoms with Crippen LogP contribution in [0.5, 0.6) is 0 Å². The fourth-order valence-electron chi connectivity index (χ4n) is 2.42. The standard InChI is InChI=1S/C14H15Cl2N5/c15-9-5-6-11(16)12(7-9)19-14-20-13(8-17-21-14)18-10-3-1-2-4-10/h5-8,10H,1-4H2,(H2,18,19,20,21). The Hall–Kier alpha value is -1.59. The molecule has 21 heavy (non-hydrogen) atoms. The lowest BCUT2D eigenvalue weighted by molar-refractivity contribution is 0.747. The Kier molecular flexibility index (Phi) is 4.41. The van der Waals surface area contributed by atoms with Gasteiger partial charge in [0.25, 0.3) is 0 Å². The molecule has 2 aromatic rings. The maximum atomic E-state index is 6.11. The van der Waals surface area contributed by atoms with E-state index in [4.69, 9.17) is 23.2 Å². The highest BCUT2D eigenvalue weighted by Gasteiger charge is 2.15. The molecule has 0 aliphatic heterocycles. The first-order valence-corrected chi connectivity index (χ1v) is 7.64. The van der Waals surface area contributed by atoms with Crippen LogP contribution in [0.15, 0.2) is 24.4 Å². The number of hydrogen-bond acceptors (Lipinski definition) is 5. The van der Waals surface area contributed by atoms with Gasteiger partial charge in [-0.15, -0.1) is 5.10 Å². The first kappa shape index (κ1) is 14.4. The Labute approximate surface area is 133 Å². The highest BCUT2D eigenvalue weighted by Crippen LogP contribution is 2.27. The summed E-state index contributed by atoms with van der Waals surface area (Å²) in [6.45, 7) is 0. The van der Waals surface area contributed by atoms with Crippen LogP contribution in [0.1, 0.15) is 25.7 Å². The summed E-state index contributed by atoms with van der Waals surface area (Å²) in [7, 11) is 0. The van der Waals surface area contributed by atoms with Gasteiger partial charge in [0.2, 0.25) is 5.95 Å². The molecule has 2 N–H and O–H groups in total. The molecule has 1 saturated carbocycles. The molecular formula is C14H15Cl2N5. The second-order valence-electron chi connectivity index (χ2n) is 5.04. The van der Waals surface area contributed by atoms with Crippen LogP contribution in [-0.2, 0) is 0 Å². The fraction of sp³-hybridized carbons (Fsp3) is 0.357. The zero-order chi connectivity index (χ0) is 14.7. The molecule has 3 rings (SSSR count). The number of anilines is 3. The summed E-state index contributed by atoms with van der Waals surface area (Å²) in [5, 5.41) is 15.5. The minimum atomic E-state index is 0.391. The van der Waals surface area contributed by atoms with E-state index in [1.165, 1.54) is 25.7 Å². The summed E-state index contributed by atoms with van der Waals surface area (Å²) in [5.74, 6) is 1.11.